The molecule has 2 aliphatic rings. The molecular formula is C15H25NO. The molecule has 2 heteroatoms. The van der Waals surface area contributed by atoms with E-state index >= 15 is 0 Å². The van der Waals surface area contributed by atoms with Gasteiger partial charge in [0.1, 0.15) is 0 Å². The zero-order valence-corrected chi connectivity index (χ0v) is 11.5. The molecule has 0 aromatic heterocycles. The number of piperidine rings is 1. The molecule has 0 unspecified atom stereocenters. The van der Waals surface area contributed by atoms with Crippen LogP contribution in [0, 0.1) is 5.41 Å². The quantitative estimate of drug-likeness (QED) is 0.637. The van der Waals surface area contributed by atoms with Gasteiger partial charge in [-0.25, -0.2) is 0 Å². The van der Waals surface area contributed by atoms with Crippen molar-refractivity contribution in [3.8, 4) is 0 Å². The number of rotatable bonds is 1. The van der Waals surface area contributed by atoms with Crippen LogP contribution < -0.4 is 0 Å². The molecule has 96 valence electrons. The monoisotopic (exact) mass is 235 g/mol. The Hall–Kier alpha value is -0.790. The zero-order valence-electron chi connectivity index (χ0n) is 11.5. The van der Waals surface area contributed by atoms with Crippen molar-refractivity contribution in [2.75, 3.05) is 13.1 Å². The highest BCUT2D eigenvalue weighted by molar-refractivity contribution is 5.77. The molecule has 1 saturated carbocycles. The van der Waals surface area contributed by atoms with Crippen molar-refractivity contribution in [2.45, 2.75) is 59.3 Å². The second kappa shape index (κ2) is 4.83. The molecule has 1 aliphatic heterocycles. The van der Waals surface area contributed by atoms with Crippen molar-refractivity contribution in [1.82, 2.24) is 4.90 Å². The smallest absolute Gasteiger partial charge is 0.223 e. The maximum Gasteiger partial charge on any atom is 0.223 e. The number of hydrogen-bond acceptors (Lipinski definition) is 1. The van der Waals surface area contributed by atoms with Gasteiger partial charge in [-0.05, 0) is 37.5 Å². The first-order valence-corrected chi connectivity index (χ1v) is 6.93. The fourth-order valence-electron chi connectivity index (χ4n) is 2.65. The van der Waals surface area contributed by atoms with Crippen LogP contribution in [-0.4, -0.2) is 23.9 Å². The minimum absolute atomic E-state index is 0.115. The molecule has 0 bridgehead atoms. The molecule has 1 amide bonds. The van der Waals surface area contributed by atoms with E-state index in [-0.39, 0.29) is 5.41 Å². The van der Waals surface area contributed by atoms with Crippen molar-refractivity contribution < 1.29 is 4.79 Å². The molecule has 1 heterocycles. The van der Waals surface area contributed by atoms with Crippen molar-refractivity contribution in [3.05, 3.63) is 11.1 Å². The van der Waals surface area contributed by atoms with Crippen LogP contribution in [0.1, 0.15) is 59.3 Å². The first-order chi connectivity index (χ1) is 7.96. The van der Waals surface area contributed by atoms with Crippen LogP contribution >= 0.6 is 0 Å². The lowest BCUT2D eigenvalue weighted by Crippen LogP contribution is -2.38. The van der Waals surface area contributed by atoms with Gasteiger partial charge in [-0.1, -0.05) is 31.9 Å². The van der Waals surface area contributed by atoms with E-state index in [2.05, 4.69) is 25.7 Å². The molecule has 2 fully saturated rings. The summed E-state index contributed by atoms with van der Waals surface area (Å²) in [5.41, 5.74) is 3.48. The van der Waals surface area contributed by atoms with E-state index in [0.717, 1.165) is 25.9 Å². The standard InChI is InChI=1S/C15H25NO/c1-15(2,3)11-14(17)16-9-7-13(8-10-16)12-5-4-6-12/h4-11H2,1-3H3. The van der Waals surface area contributed by atoms with Crippen molar-refractivity contribution in [1.29, 1.82) is 0 Å². The van der Waals surface area contributed by atoms with Crippen LogP contribution in [0.4, 0.5) is 0 Å². The highest BCUT2D eigenvalue weighted by Crippen LogP contribution is 2.33. The van der Waals surface area contributed by atoms with E-state index in [4.69, 9.17) is 0 Å². The van der Waals surface area contributed by atoms with Crippen LogP contribution in [0.2, 0.25) is 0 Å². The largest absolute Gasteiger partial charge is 0.342 e. The van der Waals surface area contributed by atoms with E-state index in [9.17, 15) is 4.79 Å². The Morgan fingerprint density at radius 1 is 1.06 bits per heavy atom. The average molecular weight is 235 g/mol. The lowest BCUT2D eigenvalue weighted by Gasteiger charge is -2.33. The van der Waals surface area contributed by atoms with E-state index in [1.165, 1.54) is 19.3 Å². The molecule has 0 aromatic carbocycles. The first kappa shape index (κ1) is 12.7. The van der Waals surface area contributed by atoms with E-state index < -0.39 is 0 Å². The van der Waals surface area contributed by atoms with E-state index in [1.807, 2.05) is 0 Å². The maximum atomic E-state index is 12.1. The molecular weight excluding hydrogens is 210 g/mol. The van der Waals surface area contributed by atoms with Crippen molar-refractivity contribution in [3.63, 3.8) is 0 Å². The third-order valence-electron chi connectivity index (χ3n) is 3.86. The topological polar surface area (TPSA) is 20.3 Å². The number of hydrogen-bond donors (Lipinski definition) is 0. The fourth-order valence-corrected chi connectivity index (χ4v) is 2.65. The second-order valence-corrected chi connectivity index (χ2v) is 6.68. The molecule has 1 saturated heterocycles. The van der Waals surface area contributed by atoms with Crippen molar-refractivity contribution >= 4 is 5.91 Å². The Balaban J connectivity index is 1.84. The van der Waals surface area contributed by atoms with Gasteiger partial charge in [0, 0.05) is 19.5 Å². The number of carbonyl (C=O) groups is 1. The van der Waals surface area contributed by atoms with Crippen LogP contribution in [0.3, 0.4) is 0 Å². The van der Waals surface area contributed by atoms with E-state index in [1.54, 1.807) is 11.1 Å². The first-order valence-electron chi connectivity index (χ1n) is 6.93. The Bertz CT molecular complexity index is 319. The van der Waals surface area contributed by atoms with Gasteiger partial charge in [-0.15, -0.1) is 0 Å². The predicted molar refractivity (Wildman–Crippen MR) is 70.8 cm³/mol. The second-order valence-electron chi connectivity index (χ2n) is 6.68. The van der Waals surface area contributed by atoms with Gasteiger partial charge in [0.25, 0.3) is 0 Å². The molecule has 0 radical (unpaired) electrons. The fraction of sp³-hybridized carbons (Fsp3) is 0.800. The van der Waals surface area contributed by atoms with Crippen LogP contribution in [0.5, 0.6) is 0 Å². The van der Waals surface area contributed by atoms with Gasteiger partial charge < -0.3 is 4.90 Å². The van der Waals surface area contributed by atoms with Gasteiger partial charge in [0.05, 0.1) is 0 Å². The third-order valence-corrected chi connectivity index (χ3v) is 3.86. The van der Waals surface area contributed by atoms with Gasteiger partial charge in [0.15, 0.2) is 0 Å². The molecule has 2 nitrogen and oxygen atoms in total. The van der Waals surface area contributed by atoms with Gasteiger partial charge in [0.2, 0.25) is 5.91 Å². The van der Waals surface area contributed by atoms with Gasteiger partial charge in [-0.2, -0.15) is 0 Å². The lowest BCUT2D eigenvalue weighted by atomic mass is 9.84. The summed E-state index contributed by atoms with van der Waals surface area (Å²) in [7, 11) is 0. The lowest BCUT2D eigenvalue weighted by molar-refractivity contribution is -0.133. The number of carbonyl (C=O) groups excluding carboxylic acids is 1. The normalized spacial score (nSPS) is 21.5. The highest BCUT2D eigenvalue weighted by Gasteiger charge is 2.25. The summed E-state index contributed by atoms with van der Waals surface area (Å²) in [5, 5.41) is 0. The highest BCUT2D eigenvalue weighted by atomic mass is 16.2. The number of allylic oxidation sites excluding steroid dienone is 1. The summed E-state index contributed by atoms with van der Waals surface area (Å²) in [6.07, 6.45) is 6.97. The molecule has 0 N–H and O–H groups in total. The minimum Gasteiger partial charge on any atom is -0.342 e. The molecule has 0 aromatic rings. The average Bonchev–Trinajstić information content (AvgIpc) is 2.13. The van der Waals surface area contributed by atoms with Gasteiger partial charge in [-0.3, -0.25) is 4.79 Å². The Labute approximate surface area is 105 Å². The summed E-state index contributed by atoms with van der Waals surface area (Å²) in [6, 6.07) is 0. The summed E-state index contributed by atoms with van der Waals surface area (Å²) < 4.78 is 0. The van der Waals surface area contributed by atoms with Crippen LogP contribution in [-0.2, 0) is 4.79 Å². The molecule has 0 spiro atoms. The van der Waals surface area contributed by atoms with Gasteiger partial charge >= 0.3 is 0 Å². The minimum atomic E-state index is 0.115. The zero-order chi connectivity index (χ0) is 12.5. The molecule has 1 aliphatic carbocycles. The van der Waals surface area contributed by atoms with E-state index in [0.29, 0.717) is 12.3 Å². The Kier molecular flexibility index (Phi) is 3.60. The summed E-state index contributed by atoms with van der Waals surface area (Å²) in [5.74, 6) is 0.343. The van der Waals surface area contributed by atoms with Crippen LogP contribution in [0.25, 0.3) is 0 Å². The number of likely N-dealkylation sites (tertiary alicyclic amines) is 1. The van der Waals surface area contributed by atoms with Crippen LogP contribution in [0.15, 0.2) is 11.1 Å². The molecule has 0 atom stereocenters. The SMILES string of the molecule is CC(C)(C)CC(=O)N1CCC(=C2CCC2)CC1. The molecule has 17 heavy (non-hydrogen) atoms. The van der Waals surface area contributed by atoms with Crippen molar-refractivity contribution in [2.24, 2.45) is 5.41 Å². The summed E-state index contributed by atoms with van der Waals surface area (Å²) in [4.78, 5) is 14.1. The number of nitrogens with zero attached hydrogens (tertiary/aromatic N) is 1. The number of amides is 1. The Morgan fingerprint density at radius 2 is 1.59 bits per heavy atom. The summed E-state index contributed by atoms with van der Waals surface area (Å²) in [6.45, 7) is 8.31. The third kappa shape index (κ3) is 3.34. The predicted octanol–water partition coefficient (Wildman–Crippen LogP) is 3.53. The molecule has 2 rings (SSSR count). The summed E-state index contributed by atoms with van der Waals surface area (Å²) >= 11 is 0. The Morgan fingerprint density at radius 3 is 2.00 bits per heavy atom. The maximum absolute atomic E-state index is 12.1.